The Morgan fingerprint density at radius 2 is 1.92 bits per heavy atom. The minimum absolute atomic E-state index is 0.0480. The van der Waals surface area contributed by atoms with Gasteiger partial charge in [0.15, 0.2) is 0 Å². The molecule has 3 amide bonds. The van der Waals surface area contributed by atoms with Gasteiger partial charge in [-0.05, 0) is 36.8 Å². The Hall–Kier alpha value is -2.96. The van der Waals surface area contributed by atoms with Crippen molar-refractivity contribution in [2.24, 2.45) is 0 Å². The molecule has 0 radical (unpaired) electrons. The molecule has 132 valence electrons. The van der Waals surface area contributed by atoms with E-state index < -0.39 is 0 Å². The first-order valence-electron chi connectivity index (χ1n) is 8.14. The Bertz CT molecular complexity index is 678. The van der Waals surface area contributed by atoms with E-state index in [0.717, 1.165) is 11.3 Å². The summed E-state index contributed by atoms with van der Waals surface area (Å²) in [5, 5.41) is 5.38. The van der Waals surface area contributed by atoms with E-state index in [2.05, 4.69) is 20.6 Å². The Kier molecular flexibility index (Phi) is 6.88. The van der Waals surface area contributed by atoms with Gasteiger partial charge in [-0.2, -0.15) is 0 Å². The molecule has 0 saturated heterocycles. The van der Waals surface area contributed by atoms with Crippen LogP contribution in [0.4, 0.5) is 4.79 Å². The number of nitrogens with zero attached hydrogens (tertiary/aromatic N) is 3. The second-order valence-corrected chi connectivity index (χ2v) is 5.72. The first-order valence-corrected chi connectivity index (χ1v) is 8.14. The molecule has 7 heteroatoms. The highest BCUT2D eigenvalue weighted by Crippen LogP contribution is 2.09. The lowest BCUT2D eigenvalue weighted by Crippen LogP contribution is -2.43. The van der Waals surface area contributed by atoms with Crippen molar-refractivity contribution in [3.8, 4) is 0 Å². The molecule has 2 aromatic heterocycles. The molecule has 0 aliphatic heterocycles. The summed E-state index contributed by atoms with van der Waals surface area (Å²) in [5.74, 6) is -0.150. The van der Waals surface area contributed by atoms with Crippen molar-refractivity contribution < 1.29 is 9.59 Å². The average Bonchev–Trinajstić information content (AvgIpc) is 2.65. The standard InChI is InChI=1S/C18H23N5O2/c1-14(15-6-10-19-11-7-15)22-18(25)21-13-17(24)23(2)12-8-16-5-3-4-9-20-16/h3-7,9-11,14H,8,12-13H2,1-2H3,(H2,21,22,25)/t14-/m1/s1. The largest absolute Gasteiger partial charge is 0.344 e. The third-order valence-electron chi connectivity index (χ3n) is 3.81. The summed E-state index contributed by atoms with van der Waals surface area (Å²) in [6.45, 7) is 2.37. The molecule has 0 spiro atoms. The summed E-state index contributed by atoms with van der Waals surface area (Å²) >= 11 is 0. The highest BCUT2D eigenvalue weighted by molar-refractivity contribution is 5.84. The number of hydrogen-bond donors (Lipinski definition) is 2. The molecule has 0 aromatic carbocycles. The number of rotatable bonds is 7. The van der Waals surface area contributed by atoms with Crippen LogP contribution in [0.1, 0.15) is 24.2 Å². The fraction of sp³-hybridized carbons (Fsp3) is 0.333. The van der Waals surface area contributed by atoms with Gasteiger partial charge in [0.05, 0.1) is 12.6 Å². The summed E-state index contributed by atoms with van der Waals surface area (Å²) in [5.41, 5.74) is 1.88. The number of nitrogens with one attached hydrogen (secondary N) is 2. The van der Waals surface area contributed by atoms with Gasteiger partial charge < -0.3 is 15.5 Å². The number of carbonyl (C=O) groups is 2. The predicted octanol–water partition coefficient (Wildman–Crippen LogP) is 1.54. The highest BCUT2D eigenvalue weighted by atomic mass is 16.2. The van der Waals surface area contributed by atoms with Crippen LogP contribution >= 0.6 is 0 Å². The lowest BCUT2D eigenvalue weighted by atomic mass is 10.1. The molecule has 25 heavy (non-hydrogen) atoms. The van der Waals surface area contributed by atoms with Crippen molar-refractivity contribution in [3.63, 3.8) is 0 Å². The van der Waals surface area contributed by atoms with Crippen LogP contribution in [-0.2, 0) is 11.2 Å². The summed E-state index contributed by atoms with van der Waals surface area (Å²) < 4.78 is 0. The molecule has 2 rings (SSSR count). The zero-order valence-corrected chi connectivity index (χ0v) is 14.5. The van der Waals surface area contributed by atoms with E-state index in [1.165, 1.54) is 0 Å². The van der Waals surface area contributed by atoms with E-state index in [0.29, 0.717) is 13.0 Å². The van der Waals surface area contributed by atoms with Crippen molar-refractivity contribution in [2.75, 3.05) is 20.1 Å². The second kappa shape index (κ2) is 9.36. The smallest absolute Gasteiger partial charge is 0.315 e. The van der Waals surface area contributed by atoms with Crippen LogP contribution in [0.2, 0.25) is 0 Å². The van der Waals surface area contributed by atoms with E-state index in [9.17, 15) is 9.59 Å². The molecular formula is C18H23N5O2. The van der Waals surface area contributed by atoms with Gasteiger partial charge in [-0.3, -0.25) is 14.8 Å². The minimum Gasteiger partial charge on any atom is -0.344 e. The second-order valence-electron chi connectivity index (χ2n) is 5.72. The fourth-order valence-electron chi connectivity index (χ4n) is 2.23. The number of hydrogen-bond acceptors (Lipinski definition) is 4. The summed E-state index contributed by atoms with van der Waals surface area (Å²) in [4.78, 5) is 33.7. The maximum atomic E-state index is 12.1. The lowest BCUT2D eigenvalue weighted by molar-refractivity contribution is -0.128. The minimum atomic E-state index is -0.379. The van der Waals surface area contributed by atoms with Gasteiger partial charge in [0.2, 0.25) is 5.91 Å². The van der Waals surface area contributed by atoms with Crippen LogP contribution in [0.25, 0.3) is 0 Å². The monoisotopic (exact) mass is 341 g/mol. The third-order valence-corrected chi connectivity index (χ3v) is 3.81. The first kappa shape index (κ1) is 18.4. The van der Waals surface area contributed by atoms with Crippen molar-refractivity contribution in [1.82, 2.24) is 25.5 Å². The van der Waals surface area contributed by atoms with Crippen molar-refractivity contribution in [3.05, 3.63) is 60.2 Å². The van der Waals surface area contributed by atoms with Crippen LogP contribution in [0.15, 0.2) is 48.9 Å². The number of likely N-dealkylation sites (N-methyl/N-ethyl adjacent to an activating group) is 1. The molecule has 0 fully saturated rings. The van der Waals surface area contributed by atoms with Gasteiger partial charge in [-0.1, -0.05) is 6.07 Å². The Balaban J connectivity index is 1.70. The molecule has 0 aliphatic carbocycles. The van der Waals surface area contributed by atoms with E-state index in [1.807, 2.05) is 37.3 Å². The predicted molar refractivity (Wildman–Crippen MR) is 94.8 cm³/mol. The molecule has 0 unspecified atom stereocenters. The average molecular weight is 341 g/mol. The molecule has 0 aliphatic rings. The molecule has 2 aromatic rings. The normalized spacial score (nSPS) is 11.4. The summed E-state index contributed by atoms with van der Waals surface area (Å²) in [7, 11) is 1.71. The van der Waals surface area contributed by atoms with Crippen LogP contribution < -0.4 is 10.6 Å². The number of amides is 3. The van der Waals surface area contributed by atoms with Gasteiger partial charge >= 0.3 is 6.03 Å². The van der Waals surface area contributed by atoms with E-state index in [1.54, 1.807) is 30.5 Å². The van der Waals surface area contributed by atoms with Gasteiger partial charge in [0.25, 0.3) is 0 Å². The van der Waals surface area contributed by atoms with E-state index in [-0.39, 0.29) is 24.5 Å². The molecule has 0 saturated carbocycles. The van der Waals surface area contributed by atoms with Crippen LogP contribution in [0, 0.1) is 0 Å². The highest BCUT2D eigenvalue weighted by Gasteiger charge is 2.13. The van der Waals surface area contributed by atoms with E-state index >= 15 is 0 Å². The quantitative estimate of drug-likeness (QED) is 0.800. The van der Waals surface area contributed by atoms with Crippen LogP contribution in [-0.4, -0.2) is 46.9 Å². The number of pyridine rings is 2. The zero-order valence-electron chi connectivity index (χ0n) is 14.5. The number of aromatic nitrogens is 2. The number of carbonyl (C=O) groups excluding carboxylic acids is 2. The third kappa shape index (κ3) is 6.21. The van der Waals surface area contributed by atoms with Crippen LogP contribution in [0.5, 0.6) is 0 Å². The molecular weight excluding hydrogens is 318 g/mol. The van der Waals surface area contributed by atoms with Crippen LogP contribution in [0.3, 0.4) is 0 Å². The summed E-state index contributed by atoms with van der Waals surface area (Å²) in [6.07, 6.45) is 5.75. The zero-order chi connectivity index (χ0) is 18.1. The molecule has 2 heterocycles. The van der Waals surface area contributed by atoms with Crippen molar-refractivity contribution in [1.29, 1.82) is 0 Å². The Morgan fingerprint density at radius 3 is 2.60 bits per heavy atom. The van der Waals surface area contributed by atoms with Gasteiger partial charge in [-0.25, -0.2) is 4.79 Å². The fourth-order valence-corrected chi connectivity index (χ4v) is 2.23. The maximum absolute atomic E-state index is 12.1. The van der Waals surface area contributed by atoms with Gasteiger partial charge in [0, 0.05) is 44.3 Å². The Labute approximate surface area is 147 Å². The maximum Gasteiger partial charge on any atom is 0.315 e. The first-order chi connectivity index (χ1) is 12.1. The molecule has 7 nitrogen and oxygen atoms in total. The lowest BCUT2D eigenvalue weighted by Gasteiger charge is -2.18. The van der Waals surface area contributed by atoms with Crippen molar-refractivity contribution >= 4 is 11.9 Å². The van der Waals surface area contributed by atoms with Gasteiger partial charge in [-0.15, -0.1) is 0 Å². The molecule has 0 bridgehead atoms. The topological polar surface area (TPSA) is 87.2 Å². The van der Waals surface area contributed by atoms with E-state index in [4.69, 9.17) is 0 Å². The van der Waals surface area contributed by atoms with Crippen molar-refractivity contribution in [2.45, 2.75) is 19.4 Å². The summed E-state index contributed by atoms with van der Waals surface area (Å²) in [6, 6.07) is 8.82. The molecule has 1 atom stereocenters. The van der Waals surface area contributed by atoms with Gasteiger partial charge in [0.1, 0.15) is 0 Å². The SMILES string of the molecule is C[C@@H](NC(=O)NCC(=O)N(C)CCc1ccccn1)c1ccncc1. The molecule has 2 N–H and O–H groups in total. The Morgan fingerprint density at radius 1 is 1.16 bits per heavy atom. The number of urea groups is 1.